The van der Waals surface area contributed by atoms with Crippen LogP contribution in [0.15, 0.2) is 89.8 Å². The molecule has 3 N–H and O–H groups in total. The molecule has 242 valence electrons. The van der Waals surface area contributed by atoms with Crippen LogP contribution in [0.2, 0.25) is 5.02 Å². The lowest BCUT2D eigenvalue weighted by molar-refractivity contribution is -0.134. The van der Waals surface area contributed by atoms with Crippen LogP contribution in [-0.2, 0) is 21.2 Å². The van der Waals surface area contributed by atoms with Gasteiger partial charge in [0.2, 0.25) is 5.91 Å². The molecule has 0 spiro atoms. The van der Waals surface area contributed by atoms with Crippen LogP contribution in [0.5, 0.6) is 5.75 Å². The van der Waals surface area contributed by atoms with Crippen LogP contribution in [0.4, 0.5) is 16.2 Å². The summed E-state index contributed by atoms with van der Waals surface area (Å²) in [6.45, 7) is 3.95. The molecule has 0 bridgehead atoms. The number of ether oxygens (including phenoxy) is 1. The number of anilines is 2. The summed E-state index contributed by atoms with van der Waals surface area (Å²) in [7, 11) is -2.26. The van der Waals surface area contributed by atoms with Crippen molar-refractivity contribution in [2.24, 2.45) is 5.92 Å². The molecule has 4 aromatic rings. The largest absolute Gasteiger partial charge is 0.488 e. The molecular weight excluding hydrogens is 628 g/mol. The first-order valence-electron chi connectivity index (χ1n) is 14.9. The number of nitrogens with zero attached hydrogens (tertiary/aromatic N) is 2. The first-order valence-corrected chi connectivity index (χ1v) is 16.8. The van der Waals surface area contributed by atoms with Gasteiger partial charge in [0.15, 0.2) is 0 Å². The molecule has 1 aliphatic rings. The lowest BCUT2D eigenvalue weighted by Crippen LogP contribution is -2.48. The number of aliphatic hydroxyl groups excluding tert-OH is 1. The average molecular weight is 665 g/mol. The number of hydrogen-bond donors (Lipinski definition) is 3. The molecule has 3 amide bonds. The third-order valence-corrected chi connectivity index (χ3v) is 9.77. The zero-order chi connectivity index (χ0) is 33.0. The van der Waals surface area contributed by atoms with Gasteiger partial charge in [-0.2, -0.15) is 0 Å². The van der Waals surface area contributed by atoms with E-state index in [0.717, 1.165) is 10.8 Å². The van der Waals surface area contributed by atoms with E-state index >= 15 is 0 Å². The molecule has 1 aliphatic heterocycles. The Morgan fingerprint density at radius 3 is 2.54 bits per heavy atom. The van der Waals surface area contributed by atoms with Gasteiger partial charge in [-0.1, -0.05) is 54.9 Å². The topological polar surface area (TPSA) is 128 Å². The van der Waals surface area contributed by atoms with Gasteiger partial charge in [0, 0.05) is 41.2 Å². The molecule has 3 atom stereocenters. The summed E-state index contributed by atoms with van der Waals surface area (Å²) in [5.74, 6) is -0.0699. The van der Waals surface area contributed by atoms with Crippen LogP contribution in [0.25, 0.3) is 10.8 Å². The Bertz CT molecular complexity index is 1830. The van der Waals surface area contributed by atoms with E-state index in [0.29, 0.717) is 22.0 Å². The van der Waals surface area contributed by atoms with E-state index in [2.05, 4.69) is 10.0 Å². The first kappa shape index (κ1) is 33.1. The summed E-state index contributed by atoms with van der Waals surface area (Å²) in [5, 5.41) is 15.3. The van der Waals surface area contributed by atoms with Crippen molar-refractivity contribution in [2.75, 3.05) is 36.8 Å². The number of rotatable bonds is 8. The quantitative estimate of drug-likeness (QED) is 0.225. The molecular formula is C34H37ClN4O6S. The minimum atomic E-state index is -3.94. The predicted molar refractivity (Wildman–Crippen MR) is 180 cm³/mol. The Balaban J connectivity index is 1.41. The van der Waals surface area contributed by atoms with Crippen molar-refractivity contribution in [1.82, 2.24) is 9.80 Å². The molecule has 5 rings (SSSR count). The van der Waals surface area contributed by atoms with Crippen molar-refractivity contribution in [1.29, 1.82) is 0 Å². The molecule has 0 saturated carbocycles. The zero-order valence-electron chi connectivity index (χ0n) is 25.8. The molecule has 0 saturated heterocycles. The van der Waals surface area contributed by atoms with Crippen LogP contribution in [-0.4, -0.2) is 74.2 Å². The Morgan fingerprint density at radius 1 is 1.09 bits per heavy atom. The highest BCUT2D eigenvalue weighted by molar-refractivity contribution is 7.92. The zero-order valence-corrected chi connectivity index (χ0v) is 27.4. The van der Waals surface area contributed by atoms with E-state index in [1.165, 1.54) is 29.2 Å². The second-order valence-electron chi connectivity index (χ2n) is 11.6. The van der Waals surface area contributed by atoms with E-state index in [-0.39, 0.29) is 54.6 Å². The number of likely N-dealkylation sites (N-methyl/N-ethyl adjacent to an activating group) is 1. The molecule has 12 heteroatoms. The highest BCUT2D eigenvalue weighted by atomic mass is 35.5. The number of nitrogens with one attached hydrogen (secondary N) is 2. The SMILES string of the molecule is C[C@@H]1CN([C@H](C)CO)C(=O)Cc2cc(NS(=O)(=O)c3ccc(Cl)cc3)ccc2O[C@H]1CN(C)C(=O)Nc1cccc2ccccc12. The second-order valence-corrected chi connectivity index (χ2v) is 13.7. The summed E-state index contributed by atoms with van der Waals surface area (Å²) in [6, 6.07) is 23.3. The number of fused-ring (bicyclic) bond motifs is 2. The fourth-order valence-corrected chi connectivity index (χ4v) is 6.61. The first-order chi connectivity index (χ1) is 21.9. The number of urea groups is 1. The van der Waals surface area contributed by atoms with Gasteiger partial charge >= 0.3 is 6.03 Å². The smallest absolute Gasteiger partial charge is 0.321 e. The Morgan fingerprint density at radius 2 is 1.80 bits per heavy atom. The van der Waals surface area contributed by atoms with Crippen molar-refractivity contribution in [3.8, 4) is 5.75 Å². The van der Waals surface area contributed by atoms with Gasteiger partial charge in [-0.3, -0.25) is 9.52 Å². The normalized spacial score (nSPS) is 17.6. The molecule has 4 aromatic carbocycles. The fraction of sp³-hybridized carbons (Fsp3) is 0.294. The number of amides is 3. The standard InChI is InChI=1S/C34H37ClN4O6S/c1-22-19-39(23(2)21-40)33(41)18-25-17-27(37-46(43,44)28-14-11-26(35)12-15-28)13-16-31(25)45-32(22)20-38(3)34(42)36-30-10-6-8-24-7-4-5-9-29(24)30/h4-17,22-23,32,37,40H,18-21H2,1-3H3,(H,36,42)/t22-,23-,32+/m1/s1. The molecule has 0 aliphatic carbocycles. The van der Waals surface area contributed by atoms with Crippen LogP contribution in [0.1, 0.15) is 19.4 Å². The van der Waals surface area contributed by atoms with Crippen molar-refractivity contribution in [3.05, 3.63) is 95.5 Å². The Kier molecular flexibility index (Phi) is 10.0. The van der Waals surface area contributed by atoms with Gasteiger partial charge in [0.05, 0.1) is 36.2 Å². The number of sulfonamides is 1. The Hall–Kier alpha value is -4.32. The molecule has 0 aromatic heterocycles. The number of aliphatic hydroxyl groups is 1. The van der Waals surface area contributed by atoms with Crippen LogP contribution < -0.4 is 14.8 Å². The second kappa shape index (κ2) is 14.0. The maximum atomic E-state index is 13.6. The number of hydrogen-bond acceptors (Lipinski definition) is 6. The lowest BCUT2D eigenvalue weighted by atomic mass is 10.0. The summed E-state index contributed by atoms with van der Waals surface area (Å²) >= 11 is 5.92. The highest BCUT2D eigenvalue weighted by Crippen LogP contribution is 2.31. The van der Waals surface area contributed by atoms with Crippen molar-refractivity contribution in [3.63, 3.8) is 0 Å². The molecule has 1 heterocycles. The van der Waals surface area contributed by atoms with E-state index in [1.54, 1.807) is 37.1 Å². The molecule has 0 unspecified atom stereocenters. The minimum absolute atomic E-state index is 0.0365. The average Bonchev–Trinajstić information content (AvgIpc) is 3.08. The summed E-state index contributed by atoms with van der Waals surface area (Å²) in [5.41, 5.74) is 1.41. The third-order valence-electron chi connectivity index (χ3n) is 8.12. The fourth-order valence-electron chi connectivity index (χ4n) is 5.44. The number of carbonyl (C=O) groups excluding carboxylic acids is 2. The maximum Gasteiger partial charge on any atom is 0.321 e. The van der Waals surface area contributed by atoms with Gasteiger partial charge in [0.1, 0.15) is 11.9 Å². The molecule has 46 heavy (non-hydrogen) atoms. The monoisotopic (exact) mass is 664 g/mol. The minimum Gasteiger partial charge on any atom is -0.488 e. The number of halogens is 1. The van der Waals surface area contributed by atoms with Crippen LogP contribution in [0.3, 0.4) is 0 Å². The molecule has 10 nitrogen and oxygen atoms in total. The van der Waals surface area contributed by atoms with Crippen molar-refractivity contribution >= 4 is 55.7 Å². The number of benzene rings is 4. The van der Waals surface area contributed by atoms with Crippen LogP contribution >= 0.6 is 11.6 Å². The highest BCUT2D eigenvalue weighted by Gasteiger charge is 2.32. The van der Waals surface area contributed by atoms with Crippen molar-refractivity contribution < 1.29 is 27.9 Å². The van der Waals surface area contributed by atoms with Gasteiger partial charge < -0.3 is 25.0 Å². The summed E-state index contributed by atoms with van der Waals surface area (Å²) < 4.78 is 35.2. The molecule has 0 radical (unpaired) electrons. The molecule has 0 fully saturated rings. The summed E-state index contributed by atoms with van der Waals surface area (Å²) in [4.78, 5) is 30.1. The maximum absolute atomic E-state index is 13.6. The third kappa shape index (κ3) is 7.55. The van der Waals surface area contributed by atoms with Gasteiger partial charge in [-0.25, -0.2) is 13.2 Å². The van der Waals surface area contributed by atoms with E-state index in [4.69, 9.17) is 16.3 Å². The van der Waals surface area contributed by atoms with Gasteiger partial charge in [0.25, 0.3) is 10.0 Å². The van der Waals surface area contributed by atoms with Gasteiger partial charge in [-0.05, 0) is 60.8 Å². The number of carbonyl (C=O) groups is 2. The lowest BCUT2D eigenvalue weighted by Gasteiger charge is -2.34. The Labute approximate surface area is 274 Å². The summed E-state index contributed by atoms with van der Waals surface area (Å²) in [6.07, 6.45) is -0.620. The van der Waals surface area contributed by atoms with Crippen LogP contribution in [0, 0.1) is 5.92 Å². The van der Waals surface area contributed by atoms with E-state index < -0.39 is 22.2 Å². The van der Waals surface area contributed by atoms with E-state index in [1.807, 2.05) is 49.4 Å². The van der Waals surface area contributed by atoms with Gasteiger partial charge in [-0.15, -0.1) is 0 Å². The predicted octanol–water partition coefficient (Wildman–Crippen LogP) is 5.61. The van der Waals surface area contributed by atoms with Crippen molar-refractivity contribution in [2.45, 2.75) is 37.3 Å². The van der Waals surface area contributed by atoms with E-state index in [9.17, 15) is 23.1 Å².